The third-order valence-electron chi connectivity index (χ3n) is 3.18. The SMILES string of the molecule is CC(C)(C)NCC1CCC(COC2COC2)O1. The van der Waals surface area contributed by atoms with Crippen LogP contribution < -0.4 is 5.32 Å². The molecule has 4 nitrogen and oxygen atoms in total. The summed E-state index contributed by atoms with van der Waals surface area (Å²) in [6, 6.07) is 0. The maximum Gasteiger partial charge on any atom is 0.104 e. The normalized spacial score (nSPS) is 30.5. The Labute approximate surface area is 104 Å². The molecule has 2 saturated heterocycles. The fourth-order valence-corrected chi connectivity index (χ4v) is 2.03. The smallest absolute Gasteiger partial charge is 0.104 e. The minimum atomic E-state index is 0.168. The third-order valence-corrected chi connectivity index (χ3v) is 3.18. The Morgan fingerprint density at radius 1 is 1.18 bits per heavy atom. The Morgan fingerprint density at radius 3 is 2.47 bits per heavy atom. The van der Waals surface area contributed by atoms with Gasteiger partial charge in [-0.3, -0.25) is 0 Å². The molecule has 17 heavy (non-hydrogen) atoms. The predicted molar refractivity (Wildman–Crippen MR) is 66.2 cm³/mol. The molecule has 4 heteroatoms. The van der Waals surface area contributed by atoms with Crippen LogP contribution in [0.25, 0.3) is 0 Å². The molecule has 2 heterocycles. The average Bonchev–Trinajstić information content (AvgIpc) is 2.59. The van der Waals surface area contributed by atoms with E-state index in [9.17, 15) is 0 Å². The average molecular weight is 243 g/mol. The molecule has 2 aliphatic heterocycles. The van der Waals surface area contributed by atoms with Gasteiger partial charge in [0.2, 0.25) is 0 Å². The van der Waals surface area contributed by atoms with E-state index in [4.69, 9.17) is 14.2 Å². The van der Waals surface area contributed by atoms with Gasteiger partial charge in [0.25, 0.3) is 0 Å². The van der Waals surface area contributed by atoms with Gasteiger partial charge in [-0.05, 0) is 33.6 Å². The monoisotopic (exact) mass is 243 g/mol. The topological polar surface area (TPSA) is 39.7 Å². The van der Waals surface area contributed by atoms with Crippen LogP contribution in [0.4, 0.5) is 0 Å². The Morgan fingerprint density at radius 2 is 1.88 bits per heavy atom. The highest BCUT2D eigenvalue weighted by atomic mass is 16.6. The van der Waals surface area contributed by atoms with E-state index >= 15 is 0 Å². The molecule has 0 radical (unpaired) electrons. The van der Waals surface area contributed by atoms with Crippen molar-refractivity contribution < 1.29 is 14.2 Å². The van der Waals surface area contributed by atoms with Crippen LogP contribution in [0.15, 0.2) is 0 Å². The lowest BCUT2D eigenvalue weighted by molar-refractivity contribution is -0.147. The zero-order valence-corrected chi connectivity index (χ0v) is 11.2. The molecule has 100 valence electrons. The first-order valence-corrected chi connectivity index (χ1v) is 6.63. The van der Waals surface area contributed by atoms with E-state index in [0.717, 1.165) is 39.2 Å². The molecular formula is C13H25NO3. The van der Waals surface area contributed by atoms with Gasteiger partial charge in [-0.25, -0.2) is 0 Å². The van der Waals surface area contributed by atoms with Gasteiger partial charge in [-0.2, -0.15) is 0 Å². The zero-order valence-electron chi connectivity index (χ0n) is 11.2. The minimum Gasteiger partial charge on any atom is -0.376 e. The Bertz CT molecular complexity index is 235. The summed E-state index contributed by atoms with van der Waals surface area (Å²) < 4.78 is 16.7. The Balaban J connectivity index is 1.58. The second-order valence-corrected chi connectivity index (χ2v) is 6.08. The Hall–Kier alpha value is -0.160. The highest BCUT2D eigenvalue weighted by molar-refractivity contribution is 4.79. The molecule has 2 rings (SSSR count). The van der Waals surface area contributed by atoms with Gasteiger partial charge in [0.05, 0.1) is 32.0 Å². The molecule has 2 aliphatic rings. The van der Waals surface area contributed by atoms with E-state index in [1.807, 2.05) is 0 Å². The van der Waals surface area contributed by atoms with Gasteiger partial charge in [0, 0.05) is 12.1 Å². The van der Waals surface area contributed by atoms with Crippen molar-refractivity contribution in [3.8, 4) is 0 Å². The quantitative estimate of drug-likeness (QED) is 0.791. The molecule has 0 amide bonds. The fraction of sp³-hybridized carbons (Fsp3) is 1.00. The predicted octanol–water partition coefficient (Wildman–Crippen LogP) is 1.34. The highest BCUT2D eigenvalue weighted by Gasteiger charge is 2.28. The number of rotatable bonds is 5. The summed E-state index contributed by atoms with van der Waals surface area (Å²) >= 11 is 0. The molecule has 0 bridgehead atoms. The number of nitrogens with one attached hydrogen (secondary N) is 1. The van der Waals surface area contributed by atoms with Crippen LogP contribution in [-0.2, 0) is 14.2 Å². The van der Waals surface area contributed by atoms with Crippen LogP contribution in [0.1, 0.15) is 33.6 Å². The summed E-state index contributed by atoms with van der Waals surface area (Å²) in [6.07, 6.45) is 3.19. The molecule has 2 fully saturated rings. The first-order chi connectivity index (χ1) is 8.03. The van der Waals surface area contributed by atoms with E-state index in [1.54, 1.807) is 0 Å². The van der Waals surface area contributed by atoms with Crippen molar-refractivity contribution >= 4 is 0 Å². The van der Waals surface area contributed by atoms with E-state index in [0.29, 0.717) is 12.2 Å². The fourth-order valence-electron chi connectivity index (χ4n) is 2.03. The molecule has 0 spiro atoms. The molecular weight excluding hydrogens is 218 g/mol. The maximum absolute atomic E-state index is 5.95. The molecule has 0 aromatic rings. The van der Waals surface area contributed by atoms with E-state index in [-0.39, 0.29) is 11.6 Å². The van der Waals surface area contributed by atoms with Crippen LogP contribution in [0.5, 0.6) is 0 Å². The summed E-state index contributed by atoms with van der Waals surface area (Å²) in [5.41, 5.74) is 0.168. The van der Waals surface area contributed by atoms with Gasteiger partial charge in [-0.1, -0.05) is 0 Å². The summed E-state index contributed by atoms with van der Waals surface area (Å²) in [4.78, 5) is 0. The van der Waals surface area contributed by atoms with Crippen molar-refractivity contribution in [3.63, 3.8) is 0 Å². The van der Waals surface area contributed by atoms with Crippen LogP contribution in [-0.4, -0.2) is 50.2 Å². The highest BCUT2D eigenvalue weighted by Crippen LogP contribution is 2.21. The maximum atomic E-state index is 5.95. The first-order valence-electron chi connectivity index (χ1n) is 6.63. The van der Waals surface area contributed by atoms with E-state index < -0.39 is 0 Å². The van der Waals surface area contributed by atoms with Crippen LogP contribution >= 0.6 is 0 Å². The van der Waals surface area contributed by atoms with Gasteiger partial charge >= 0.3 is 0 Å². The van der Waals surface area contributed by atoms with Crippen molar-refractivity contribution in [2.45, 2.75) is 57.5 Å². The summed E-state index contributed by atoms with van der Waals surface area (Å²) in [5, 5.41) is 3.49. The van der Waals surface area contributed by atoms with Crippen molar-refractivity contribution in [2.24, 2.45) is 0 Å². The molecule has 2 unspecified atom stereocenters. The van der Waals surface area contributed by atoms with Crippen molar-refractivity contribution in [1.29, 1.82) is 0 Å². The van der Waals surface area contributed by atoms with Crippen LogP contribution in [0.3, 0.4) is 0 Å². The molecule has 0 aromatic carbocycles. The van der Waals surface area contributed by atoms with Crippen molar-refractivity contribution in [1.82, 2.24) is 5.32 Å². The lowest BCUT2D eigenvalue weighted by atomic mass is 10.1. The van der Waals surface area contributed by atoms with E-state index in [1.165, 1.54) is 0 Å². The van der Waals surface area contributed by atoms with Crippen molar-refractivity contribution in [2.75, 3.05) is 26.4 Å². The Kier molecular flexibility index (Phi) is 4.42. The zero-order chi connectivity index (χ0) is 12.3. The standard InChI is InChI=1S/C13H25NO3/c1-13(2,3)14-6-10-4-5-11(17-10)9-16-12-7-15-8-12/h10-12,14H,4-9H2,1-3H3. The van der Waals surface area contributed by atoms with Gasteiger partial charge < -0.3 is 19.5 Å². The largest absolute Gasteiger partial charge is 0.376 e. The molecule has 1 N–H and O–H groups in total. The lowest BCUT2D eigenvalue weighted by Gasteiger charge is -2.27. The third kappa shape index (κ3) is 4.54. The van der Waals surface area contributed by atoms with Gasteiger partial charge in [0.15, 0.2) is 0 Å². The first kappa shape index (κ1) is 13.3. The minimum absolute atomic E-state index is 0.168. The molecule has 2 atom stereocenters. The van der Waals surface area contributed by atoms with Crippen molar-refractivity contribution in [3.05, 3.63) is 0 Å². The molecule has 0 aromatic heterocycles. The molecule has 0 aliphatic carbocycles. The second kappa shape index (κ2) is 5.65. The summed E-state index contributed by atoms with van der Waals surface area (Å²) in [6.45, 7) is 9.70. The van der Waals surface area contributed by atoms with Gasteiger partial charge in [-0.15, -0.1) is 0 Å². The number of hydrogen-bond donors (Lipinski definition) is 1. The number of ether oxygens (including phenoxy) is 3. The van der Waals surface area contributed by atoms with E-state index in [2.05, 4.69) is 26.1 Å². The molecule has 0 saturated carbocycles. The second-order valence-electron chi connectivity index (χ2n) is 6.08. The van der Waals surface area contributed by atoms with Crippen LogP contribution in [0.2, 0.25) is 0 Å². The lowest BCUT2D eigenvalue weighted by Crippen LogP contribution is -2.41. The summed E-state index contributed by atoms with van der Waals surface area (Å²) in [5.74, 6) is 0. The summed E-state index contributed by atoms with van der Waals surface area (Å²) in [7, 11) is 0. The van der Waals surface area contributed by atoms with Crippen LogP contribution in [0, 0.1) is 0 Å². The number of hydrogen-bond acceptors (Lipinski definition) is 4. The van der Waals surface area contributed by atoms with Gasteiger partial charge in [0.1, 0.15) is 6.10 Å².